The fraction of sp³-hybridized carbons (Fsp3) is 0.0714. The number of fused-ring (bicyclic) bond motifs is 1. The Labute approximate surface area is 131 Å². The second kappa shape index (κ2) is 5.20. The first kappa shape index (κ1) is 13.1. The van der Waals surface area contributed by atoms with E-state index in [0.717, 1.165) is 16.5 Å². The van der Waals surface area contributed by atoms with Gasteiger partial charge in [0.1, 0.15) is 5.82 Å². The van der Waals surface area contributed by atoms with Crippen molar-refractivity contribution in [2.45, 2.75) is 6.54 Å². The van der Waals surface area contributed by atoms with Gasteiger partial charge in [0.05, 0.1) is 22.7 Å². The van der Waals surface area contributed by atoms with Gasteiger partial charge in [0.2, 0.25) is 0 Å². The molecule has 0 radical (unpaired) electrons. The largest absolute Gasteiger partial charge is 0.260 e. The molecule has 0 aliphatic rings. The van der Waals surface area contributed by atoms with Crippen molar-refractivity contribution >= 4 is 49.4 Å². The maximum Gasteiger partial charge on any atom is 0.137 e. The summed E-state index contributed by atoms with van der Waals surface area (Å²) >= 11 is 5.49. The topological polar surface area (TPSA) is 17.8 Å². The highest BCUT2D eigenvalue weighted by Gasteiger charge is 2.06. The van der Waals surface area contributed by atoms with Crippen LogP contribution < -0.4 is 0 Å². The molecule has 19 heavy (non-hydrogen) atoms. The molecule has 1 aromatic heterocycles. The van der Waals surface area contributed by atoms with Crippen molar-refractivity contribution < 1.29 is 4.39 Å². The molecule has 0 saturated carbocycles. The lowest BCUT2D eigenvalue weighted by Gasteiger charge is -2.05. The monoisotopic (exact) mass is 430 g/mol. The van der Waals surface area contributed by atoms with Crippen LogP contribution in [0.25, 0.3) is 10.9 Å². The van der Waals surface area contributed by atoms with Gasteiger partial charge in [-0.1, -0.05) is 12.1 Å². The molecule has 0 aliphatic heterocycles. The SMILES string of the molecule is Fc1ccc(Cn2ncc3ccc(I)cc32)cc1Br. The summed E-state index contributed by atoms with van der Waals surface area (Å²) in [6.07, 6.45) is 1.85. The van der Waals surface area contributed by atoms with Crippen LogP contribution >= 0.6 is 38.5 Å². The van der Waals surface area contributed by atoms with Crippen molar-refractivity contribution in [3.63, 3.8) is 0 Å². The maximum absolute atomic E-state index is 13.2. The number of nitrogens with zero attached hydrogens (tertiary/aromatic N) is 2. The molecular formula is C14H9BrFIN2. The number of halogens is 3. The lowest BCUT2D eigenvalue weighted by molar-refractivity contribution is 0.618. The minimum Gasteiger partial charge on any atom is -0.260 e. The van der Waals surface area contributed by atoms with E-state index in [2.05, 4.69) is 61.8 Å². The maximum atomic E-state index is 13.2. The summed E-state index contributed by atoms with van der Waals surface area (Å²) in [5, 5.41) is 5.50. The summed E-state index contributed by atoms with van der Waals surface area (Å²) < 4.78 is 16.8. The zero-order valence-corrected chi connectivity index (χ0v) is 13.5. The fourth-order valence-electron chi connectivity index (χ4n) is 1.98. The smallest absolute Gasteiger partial charge is 0.137 e. The lowest BCUT2D eigenvalue weighted by atomic mass is 10.2. The number of rotatable bonds is 2. The molecule has 3 rings (SSSR count). The quantitative estimate of drug-likeness (QED) is 0.543. The molecule has 96 valence electrons. The third kappa shape index (κ3) is 2.67. The summed E-state index contributed by atoms with van der Waals surface area (Å²) in [6, 6.07) is 11.2. The summed E-state index contributed by atoms with van der Waals surface area (Å²) in [5.41, 5.74) is 2.10. The van der Waals surface area contributed by atoms with Gasteiger partial charge in [-0.3, -0.25) is 4.68 Å². The molecular weight excluding hydrogens is 422 g/mol. The van der Waals surface area contributed by atoms with Gasteiger partial charge in [-0.15, -0.1) is 0 Å². The summed E-state index contributed by atoms with van der Waals surface area (Å²) in [6.45, 7) is 0.627. The Balaban J connectivity index is 2.00. The zero-order chi connectivity index (χ0) is 13.4. The lowest BCUT2D eigenvalue weighted by Crippen LogP contribution is -2.01. The van der Waals surface area contributed by atoms with Gasteiger partial charge in [0, 0.05) is 8.96 Å². The van der Waals surface area contributed by atoms with Crippen LogP contribution in [0.5, 0.6) is 0 Å². The predicted molar refractivity (Wildman–Crippen MR) is 85.7 cm³/mol. The first-order chi connectivity index (χ1) is 9.13. The first-order valence-electron chi connectivity index (χ1n) is 5.68. The molecule has 0 aliphatic carbocycles. The van der Waals surface area contributed by atoms with Crippen molar-refractivity contribution in [3.05, 3.63) is 62.0 Å². The zero-order valence-electron chi connectivity index (χ0n) is 9.78. The highest BCUT2D eigenvalue weighted by atomic mass is 127. The third-order valence-electron chi connectivity index (χ3n) is 2.92. The number of hydrogen-bond acceptors (Lipinski definition) is 1. The van der Waals surface area contributed by atoms with Crippen molar-refractivity contribution in [2.75, 3.05) is 0 Å². The van der Waals surface area contributed by atoms with Crippen molar-refractivity contribution in [3.8, 4) is 0 Å². The molecule has 0 N–H and O–H groups in total. The molecule has 2 nitrogen and oxygen atoms in total. The average Bonchev–Trinajstić information content (AvgIpc) is 2.77. The molecule has 1 heterocycles. The Kier molecular flexibility index (Phi) is 3.58. The van der Waals surface area contributed by atoms with Crippen LogP contribution in [-0.4, -0.2) is 9.78 Å². The second-order valence-corrected chi connectivity index (χ2v) is 6.35. The number of aromatic nitrogens is 2. The minimum absolute atomic E-state index is 0.247. The molecule has 3 aromatic rings. The van der Waals surface area contributed by atoms with E-state index in [1.54, 1.807) is 12.1 Å². The Bertz CT molecular complexity index is 754. The van der Waals surface area contributed by atoms with Crippen molar-refractivity contribution in [1.29, 1.82) is 0 Å². The van der Waals surface area contributed by atoms with Gasteiger partial charge in [-0.05, 0) is 68.3 Å². The van der Waals surface area contributed by atoms with E-state index >= 15 is 0 Å². The van der Waals surface area contributed by atoms with Crippen molar-refractivity contribution in [1.82, 2.24) is 9.78 Å². The molecule has 0 spiro atoms. The van der Waals surface area contributed by atoms with Crippen LogP contribution in [0.4, 0.5) is 4.39 Å². The van der Waals surface area contributed by atoms with E-state index in [0.29, 0.717) is 11.0 Å². The Hall–Kier alpha value is -0.950. The van der Waals surface area contributed by atoms with Crippen LogP contribution in [0, 0.1) is 9.39 Å². The highest BCUT2D eigenvalue weighted by Crippen LogP contribution is 2.20. The van der Waals surface area contributed by atoms with Gasteiger partial charge in [0.15, 0.2) is 0 Å². The van der Waals surface area contributed by atoms with Gasteiger partial charge in [-0.25, -0.2) is 4.39 Å². The van der Waals surface area contributed by atoms with Gasteiger partial charge < -0.3 is 0 Å². The van der Waals surface area contributed by atoms with E-state index in [4.69, 9.17) is 0 Å². The normalized spacial score (nSPS) is 11.1. The molecule has 0 atom stereocenters. The number of hydrogen-bond donors (Lipinski definition) is 0. The Morgan fingerprint density at radius 1 is 1.21 bits per heavy atom. The third-order valence-corrected chi connectivity index (χ3v) is 4.20. The molecule has 2 aromatic carbocycles. The first-order valence-corrected chi connectivity index (χ1v) is 7.56. The predicted octanol–water partition coefficient (Wildman–Crippen LogP) is 4.59. The Morgan fingerprint density at radius 3 is 2.84 bits per heavy atom. The molecule has 0 amide bonds. The standard InChI is InChI=1S/C14H9BrFIN2/c15-12-5-9(1-4-13(12)16)8-19-14-6-11(17)3-2-10(14)7-18-19/h1-7H,8H2. The molecule has 0 unspecified atom stereocenters. The molecule has 0 fully saturated rings. The van der Waals surface area contributed by atoms with E-state index in [1.165, 1.54) is 9.64 Å². The van der Waals surface area contributed by atoms with Crippen molar-refractivity contribution in [2.24, 2.45) is 0 Å². The second-order valence-electron chi connectivity index (χ2n) is 4.25. The van der Waals surface area contributed by atoms with Crippen LogP contribution in [0.15, 0.2) is 47.1 Å². The van der Waals surface area contributed by atoms with E-state index in [9.17, 15) is 4.39 Å². The average molecular weight is 431 g/mol. The summed E-state index contributed by atoms with van der Waals surface area (Å²) in [7, 11) is 0. The van der Waals surface area contributed by atoms with Gasteiger partial charge in [-0.2, -0.15) is 5.10 Å². The van der Waals surface area contributed by atoms with Crippen LogP contribution in [-0.2, 0) is 6.54 Å². The van der Waals surface area contributed by atoms with E-state index in [-0.39, 0.29) is 5.82 Å². The summed E-state index contributed by atoms with van der Waals surface area (Å²) in [5.74, 6) is -0.247. The molecule has 0 bridgehead atoms. The van der Waals surface area contributed by atoms with Crippen LogP contribution in [0.3, 0.4) is 0 Å². The molecule has 0 saturated heterocycles. The van der Waals surface area contributed by atoms with Gasteiger partial charge in [0.25, 0.3) is 0 Å². The van der Waals surface area contributed by atoms with Crippen LogP contribution in [0.2, 0.25) is 0 Å². The van der Waals surface area contributed by atoms with Gasteiger partial charge >= 0.3 is 0 Å². The van der Waals surface area contributed by atoms with E-state index < -0.39 is 0 Å². The number of benzene rings is 2. The molecule has 5 heteroatoms. The Morgan fingerprint density at radius 2 is 2.05 bits per heavy atom. The van der Waals surface area contributed by atoms with Crippen LogP contribution in [0.1, 0.15) is 5.56 Å². The summed E-state index contributed by atoms with van der Waals surface area (Å²) in [4.78, 5) is 0. The minimum atomic E-state index is -0.247. The van der Waals surface area contributed by atoms with E-state index in [1.807, 2.05) is 10.9 Å². The highest BCUT2D eigenvalue weighted by molar-refractivity contribution is 14.1. The fourth-order valence-corrected chi connectivity index (χ4v) is 2.88.